The van der Waals surface area contributed by atoms with Gasteiger partial charge in [-0.15, -0.1) is 0 Å². The Bertz CT molecular complexity index is 562. The quantitative estimate of drug-likeness (QED) is 0.827. The maximum Gasteiger partial charge on any atom is 0.150 e. The summed E-state index contributed by atoms with van der Waals surface area (Å²) < 4.78 is 4.55. The number of phenolic OH excluding ortho intramolecular Hbond substituents is 2. The van der Waals surface area contributed by atoms with Crippen LogP contribution in [0.5, 0.6) is 17.2 Å². The van der Waals surface area contributed by atoms with Gasteiger partial charge in [0.05, 0.1) is 0 Å². The Balaban J connectivity index is 2.22. The van der Waals surface area contributed by atoms with Crippen LogP contribution in [0.4, 0.5) is 0 Å². The minimum atomic E-state index is 0.0820. The SMILES string of the molecule is Oc1ccc(/C=C/c2cc(O)cc(OCl)c2)cc1. The van der Waals surface area contributed by atoms with E-state index in [4.69, 9.17) is 17.0 Å². The molecule has 4 heteroatoms. The second kappa shape index (κ2) is 5.47. The van der Waals surface area contributed by atoms with Gasteiger partial charge in [0.1, 0.15) is 23.4 Å². The van der Waals surface area contributed by atoms with Crippen molar-refractivity contribution in [2.24, 2.45) is 0 Å². The molecule has 0 unspecified atom stereocenters. The van der Waals surface area contributed by atoms with Crippen LogP contribution in [0.1, 0.15) is 11.1 Å². The first-order valence-corrected chi connectivity index (χ1v) is 5.58. The first-order valence-electron chi connectivity index (χ1n) is 5.27. The molecule has 0 atom stereocenters. The molecule has 0 saturated heterocycles. The summed E-state index contributed by atoms with van der Waals surface area (Å²) in [6.07, 6.45) is 3.66. The van der Waals surface area contributed by atoms with Crippen molar-refractivity contribution in [2.75, 3.05) is 0 Å². The van der Waals surface area contributed by atoms with Crippen molar-refractivity contribution in [1.82, 2.24) is 0 Å². The van der Waals surface area contributed by atoms with Crippen molar-refractivity contribution < 1.29 is 14.5 Å². The molecule has 0 spiro atoms. The Hall–Kier alpha value is -2.13. The van der Waals surface area contributed by atoms with E-state index in [2.05, 4.69) is 4.29 Å². The summed E-state index contributed by atoms with van der Waals surface area (Å²) in [5, 5.41) is 18.6. The molecule has 0 bridgehead atoms. The highest BCUT2D eigenvalue weighted by molar-refractivity contribution is 6.09. The lowest BCUT2D eigenvalue weighted by molar-refractivity contribution is 0.471. The van der Waals surface area contributed by atoms with Gasteiger partial charge in [-0.2, -0.15) is 0 Å². The molecule has 2 N–H and O–H groups in total. The minimum absolute atomic E-state index is 0.0820. The zero-order chi connectivity index (χ0) is 13.0. The van der Waals surface area contributed by atoms with E-state index in [1.54, 1.807) is 36.4 Å². The Morgan fingerprint density at radius 3 is 2.17 bits per heavy atom. The van der Waals surface area contributed by atoms with Gasteiger partial charge in [0.15, 0.2) is 5.75 Å². The molecule has 18 heavy (non-hydrogen) atoms. The van der Waals surface area contributed by atoms with Gasteiger partial charge in [-0.25, -0.2) is 0 Å². The second-order valence-corrected chi connectivity index (χ2v) is 3.92. The molecule has 0 amide bonds. The molecule has 0 aliphatic carbocycles. The van der Waals surface area contributed by atoms with Crippen molar-refractivity contribution >= 4 is 24.0 Å². The monoisotopic (exact) mass is 262 g/mol. The number of halogens is 1. The summed E-state index contributed by atoms with van der Waals surface area (Å²) in [5.74, 6) is 0.683. The van der Waals surface area contributed by atoms with E-state index in [0.29, 0.717) is 5.75 Å². The molecular weight excluding hydrogens is 252 g/mol. The molecule has 0 radical (unpaired) electrons. The Kier molecular flexibility index (Phi) is 3.75. The third-order valence-corrected chi connectivity index (χ3v) is 2.54. The van der Waals surface area contributed by atoms with Crippen molar-refractivity contribution in [3.63, 3.8) is 0 Å². The summed E-state index contributed by atoms with van der Waals surface area (Å²) in [7, 11) is 0. The van der Waals surface area contributed by atoms with Gasteiger partial charge in [-0.1, -0.05) is 24.3 Å². The average molecular weight is 263 g/mol. The average Bonchev–Trinajstić information content (AvgIpc) is 2.37. The van der Waals surface area contributed by atoms with Gasteiger partial charge in [0.25, 0.3) is 0 Å². The van der Waals surface area contributed by atoms with Crippen LogP contribution in [0.15, 0.2) is 42.5 Å². The van der Waals surface area contributed by atoms with Crippen molar-refractivity contribution in [3.05, 3.63) is 53.6 Å². The fraction of sp³-hybridized carbons (Fsp3) is 0. The van der Waals surface area contributed by atoms with E-state index in [0.717, 1.165) is 11.1 Å². The first-order chi connectivity index (χ1) is 8.67. The van der Waals surface area contributed by atoms with Gasteiger partial charge < -0.3 is 14.5 Å². The predicted octanol–water partition coefficient (Wildman–Crippen LogP) is 3.80. The molecule has 0 aliphatic rings. The van der Waals surface area contributed by atoms with E-state index in [9.17, 15) is 5.11 Å². The normalized spacial score (nSPS) is 10.7. The van der Waals surface area contributed by atoms with Gasteiger partial charge in [-0.3, -0.25) is 0 Å². The van der Waals surface area contributed by atoms with Crippen LogP contribution in [0.25, 0.3) is 12.2 Å². The molecular formula is C14H11ClO3. The zero-order valence-corrected chi connectivity index (χ0v) is 10.1. The van der Waals surface area contributed by atoms with Crippen LogP contribution in [-0.4, -0.2) is 10.2 Å². The van der Waals surface area contributed by atoms with Crippen LogP contribution in [0.3, 0.4) is 0 Å². The van der Waals surface area contributed by atoms with E-state index >= 15 is 0 Å². The Labute approximate surface area is 110 Å². The standard InChI is InChI=1S/C14H11ClO3/c15-18-14-8-11(7-13(17)9-14)2-1-10-3-5-12(16)6-4-10/h1-9,16-17H/b2-1+. The van der Waals surface area contributed by atoms with Crippen LogP contribution in [-0.2, 0) is 0 Å². The smallest absolute Gasteiger partial charge is 0.150 e. The molecule has 0 aliphatic heterocycles. The Morgan fingerprint density at radius 2 is 1.50 bits per heavy atom. The maximum atomic E-state index is 9.45. The van der Waals surface area contributed by atoms with Crippen LogP contribution < -0.4 is 4.29 Å². The second-order valence-electron chi connectivity index (χ2n) is 3.76. The third kappa shape index (κ3) is 3.18. The van der Waals surface area contributed by atoms with E-state index in [1.165, 1.54) is 6.07 Å². The number of hydrogen-bond acceptors (Lipinski definition) is 3. The van der Waals surface area contributed by atoms with Crippen molar-refractivity contribution in [2.45, 2.75) is 0 Å². The number of aromatic hydroxyl groups is 2. The lowest BCUT2D eigenvalue weighted by Gasteiger charge is -2.00. The molecule has 0 heterocycles. The summed E-state index contributed by atoms with van der Waals surface area (Å²) >= 11 is 5.24. The number of phenols is 2. The van der Waals surface area contributed by atoms with E-state index in [-0.39, 0.29) is 11.5 Å². The molecule has 2 aromatic carbocycles. The maximum absolute atomic E-state index is 9.45. The molecule has 0 aromatic heterocycles. The highest BCUT2D eigenvalue weighted by atomic mass is 35.5. The Morgan fingerprint density at radius 1 is 0.833 bits per heavy atom. The lowest BCUT2D eigenvalue weighted by Crippen LogP contribution is -1.78. The molecule has 3 nitrogen and oxygen atoms in total. The predicted molar refractivity (Wildman–Crippen MR) is 71.6 cm³/mol. The summed E-state index contributed by atoms with van der Waals surface area (Å²) in [5.41, 5.74) is 1.70. The van der Waals surface area contributed by atoms with Crippen molar-refractivity contribution in [1.29, 1.82) is 0 Å². The summed E-state index contributed by atoms with van der Waals surface area (Å²) in [6.45, 7) is 0. The lowest BCUT2D eigenvalue weighted by atomic mass is 10.1. The largest absolute Gasteiger partial charge is 0.508 e. The molecule has 2 aromatic rings. The fourth-order valence-electron chi connectivity index (χ4n) is 1.52. The summed E-state index contributed by atoms with van der Waals surface area (Å²) in [6, 6.07) is 11.5. The number of hydrogen-bond donors (Lipinski definition) is 2. The van der Waals surface area contributed by atoms with Crippen LogP contribution in [0, 0.1) is 0 Å². The van der Waals surface area contributed by atoms with Crippen LogP contribution >= 0.6 is 11.9 Å². The van der Waals surface area contributed by atoms with Gasteiger partial charge in [-0.05, 0) is 35.4 Å². The summed E-state index contributed by atoms with van der Waals surface area (Å²) in [4.78, 5) is 0. The van der Waals surface area contributed by atoms with E-state index in [1.807, 2.05) is 12.2 Å². The first kappa shape index (κ1) is 12.3. The van der Waals surface area contributed by atoms with Gasteiger partial charge in [0, 0.05) is 6.07 Å². The topological polar surface area (TPSA) is 49.7 Å². The molecule has 2 rings (SSSR count). The highest BCUT2D eigenvalue weighted by Gasteiger charge is 1.98. The fourth-order valence-corrected chi connectivity index (χ4v) is 1.61. The molecule has 0 saturated carbocycles. The number of benzene rings is 2. The zero-order valence-electron chi connectivity index (χ0n) is 9.38. The van der Waals surface area contributed by atoms with E-state index < -0.39 is 0 Å². The van der Waals surface area contributed by atoms with Crippen LogP contribution in [0.2, 0.25) is 0 Å². The van der Waals surface area contributed by atoms with Gasteiger partial charge >= 0.3 is 0 Å². The third-order valence-electron chi connectivity index (χ3n) is 2.36. The molecule has 92 valence electrons. The minimum Gasteiger partial charge on any atom is -0.508 e. The molecule has 0 fully saturated rings. The van der Waals surface area contributed by atoms with Crippen molar-refractivity contribution in [3.8, 4) is 17.2 Å². The van der Waals surface area contributed by atoms with Gasteiger partial charge in [0.2, 0.25) is 0 Å². The highest BCUT2D eigenvalue weighted by Crippen LogP contribution is 2.24. The number of rotatable bonds is 3.